The van der Waals surface area contributed by atoms with E-state index in [2.05, 4.69) is 15.3 Å². The molecule has 3 heterocycles. The summed E-state index contributed by atoms with van der Waals surface area (Å²) < 4.78 is 11.9. The highest BCUT2D eigenvalue weighted by Crippen LogP contribution is 2.37. The number of aromatic nitrogens is 1. The summed E-state index contributed by atoms with van der Waals surface area (Å²) in [5.74, 6) is 1.50. The Kier molecular flexibility index (Phi) is 3.54. The molecule has 1 aromatic rings. The fourth-order valence-electron chi connectivity index (χ4n) is 3.48. The van der Waals surface area contributed by atoms with Gasteiger partial charge in [0.05, 0.1) is 36.6 Å². The molecule has 0 radical (unpaired) electrons. The molecule has 4 rings (SSSR count). The molecular weight excluding hydrogens is 272 g/mol. The third kappa shape index (κ3) is 2.64. The molecule has 3 aliphatic rings. The Morgan fingerprint density at radius 2 is 2.35 bits per heavy atom. The Bertz CT molecular complexity index is 474. The van der Waals surface area contributed by atoms with Gasteiger partial charge in [0.1, 0.15) is 0 Å². The van der Waals surface area contributed by atoms with Crippen molar-refractivity contribution < 1.29 is 9.47 Å². The topological polar surface area (TPSA) is 34.6 Å². The summed E-state index contributed by atoms with van der Waals surface area (Å²) in [6.45, 7) is 6.79. The van der Waals surface area contributed by atoms with E-state index in [1.54, 1.807) is 11.3 Å². The van der Waals surface area contributed by atoms with Gasteiger partial charge >= 0.3 is 0 Å². The van der Waals surface area contributed by atoms with Crippen LogP contribution in [0.2, 0.25) is 0 Å². The van der Waals surface area contributed by atoms with Crippen molar-refractivity contribution in [3.63, 3.8) is 0 Å². The minimum Gasteiger partial charge on any atom is -0.379 e. The lowest BCUT2D eigenvalue weighted by Gasteiger charge is -2.21. The number of thiazole rings is 1. The van der Waals surface area contributed by atoms with Crippen LogP contribution in [0.1, 0.15) is 23.5 Å². The Labute approximate surface area is 124 Å². The van der Waals surface area contributed by atoms with E-state index in [9.17, 15) is 0 Å². The molecule has 2 saturated heterocycles. The molecule has 2 aliphatic heterocycles. The minimum absolute atomic E-state index is 0.322. The summed E-state index contributed by atoms with van der Waals surface area (Å²) in [6, 6.07) is 0.595. The van der Waals surface area contributed by atoms with Gasteiger partial charge in [0.2, 0.25) is 0 Å². The maximum atomic E-state index is 6.17. The smallest absolute Gasteiger partial charge is 0.0901 e. The van der Waals surface area contributed by atoms with Gasteiger partial charge < -0.3 is 9.47 Å². The first kappa shape index (κ1) is 13.2. The largest absolute Gasteiger partial charge is 0.379 e. The monoisotopic (exact) mass is 294 g/mol. The lowest BCUT2D eigenvalue weighted by molar-refractivity contribution is 0.00779. The van der Waals surface area contributed by atoms with Gasteiger partial charge in [0, 0.05) is 30.4 Å². The number of hydrogen-bond acceptors (Lipinski definition) is 5. The zero-order chi connectivity index (χ0) is 13.5. The first-order valence-electron chi connectivity index (χ1n) is 7.64. The Hall–Kier alpha value is -0.490. The van der Waals surface area contributed by atoms with Crippen molar-refractivity contribution in [2.45, 2.75) is 38.5 Å². The molecule has 0 spiro atoms. The second-order valence-corrected chi connectivity index (χ2v) is 7.44. The van der Waals surface area contributed by atoms with E-state index in [-0.39, 0.29) is 0 Å². The number of fused-ring (bicyclic) bond motifs is 1. The second kappa shape index (κ2) is 5.37. The Balaban J connectivity index is 1.37. The summed E-state index contributed by atoms with van der Waals surface area (Å²) in [5, 5.41) is 3.22. The zero-order valence-corrected chi connectivity index (χ0v) is 12.8. The number of nitrogens with zero attached hydrogens (tertiary/aromatic N) is 2. The van der Waals surface area contributed by atoms with Crippen LogP contribution in [0.15, 0.2) is 5.38 Å². The third-order valence-electron chi connectivity index (χ3n) is 4.76. The molecule has 4 nitrogen and oxygen atoms in total. The summed E-state index contributed by atoms with van der Waals surface area (Å²) in [7, 11) is 0. The van der Waals surface area contributed by atoms with Gasteiger partial charge in [-0.25, -0.2) is 4.98 Å². The van der Waals surface area contributed by atoms with Crippen molar-refractivity contribution in [3.8, 4) is 0 Å². The van der Waals surface area contributed by atoms with Crippen LogP contribution in [-0.4, -0.2) is 48.3 Å². The average molecular weight is 294 g/mol. The number of ether oxygens (including phenoxy) is 2. The lowest BCUT2D eigenvalue weighted by atomic mass is 10.0. The van der Waals surface area contributed by atoms with Crippen LogP contribution >= 0.6 is 11.3 Å². The van der Waals surface area contributed by atoms with Gasteiger partial charge in [0.25, 0.3) is 0 Å². The van der Waals surface area contributed by atoms with Crippen LogP contribution < -0.4 is 0 Å². The highest BCUT2D eigenvalue weighted by Gasteiger charge is 2.47. The molecular formula is C15H22N2O2S. The highest BCUT2D eigenvalue weighted by atomic mass is 32.1. The summed E-state index contributed by atoms with van der Waals surface area (Å²) >= 11 is 1.70. The van der Waals surface area contributed by atoms with E-state index in [0.717, 1.165) is 36.4 Å². The quantitative estimate of drug-likeness (QED) is 0.833. The fraction of sp³-hybridized carbons (Fsp3) is 0.800. The lowest BCUT2D eigenvalue weighted by Crippen LogP contribution is -2.34. The first-order valence-corrected chi connectivity index (χ1v) is 8.52. The predicted molar refractivity (Wildman–Crippen MR) is 77.8 cm³/mol. The van der Waals surface area contributed by atoms with Gasteiger partial charge in [-0.2, -0.15) is 0 Å². The molecule has 0 aromatic carbocycles. The molecule has 1 aromatic heterocycles. The van der Waals surface area contributed by atoms with E-state index in [0.29, 0.717) is 24.7 Å². The summed E-state index contributed by atoms with van der Waals surface area (Å²) in [4.78, 5) is 7.10. The van der Waals surface area contributed by atoms with E-state index in [4.69, 9.17) is 9.47 Å². The van der Waals surface area contributed by atoms with E-state index >= 15 is 0 Å². The molecule has 20 heavy (non-hydrogen) atoms. The molecule has 0 unspecified atom stereocenters. The fourth-order valence-corrected chi connectivity index (χ4v) is 4.08. The van der Waals surface area contributed by atoms with Crippen molar-refractivity contribution in [1.29, 1.82) is 0 Å². The minimum atomic E-state index is 0.322. The van der Waals surface area contributed by atoms with Crippen molar-refractivity contribution in [1.82, 2.24) is 9.88 Å². The van der Waals surface area contributed by atoms with Gasteiger partial charge in [-0.1, -0.05) is 0 Å². The number of likely N-dealkylation sites (tertiary alicyclic amines) is 1. The van der Waals surface area contributed by atoms with Crippen LogP contribution in [0, 0.1) is 18.8 Å². The van der Waals surface area contributed by atoms with Gasteiger partial charge in [-0.15, -0.1) is 11.3 Å². The molecule has 0 N–H and O–H groups in total. The molecule has 5 heteroatoms. The molecule has 110 valence electrons. The van der Waals surface area contributed by atoms with E-state index < -0.39 is 0 Å². The molecule has 0 amide bonds. The number of hydrogen-bond donors (Lipinski definition) is 0. The predicted octanol–water partition coefficient (Wildman–Crippen LogP) is 2.08. The van der Waals surface area contributed by atoms with Crippen LogP contribution in [0.3, 0.4) is 0 Å². The third-order valence-corrected chi connectivity index (χ3v) is 5.58. The van der Waals surface area contributed by atoms with Crippen LogP contribution in [0.4, 0.5) is 0 Å². The standard InChI is InChI=1S/C15H22N2O2S/c1-10-16-12(9-20-10)6-19-15-5-17(4-11-2-3-11)14-8-18-7-13(14)15/h9,11,13-15H,2-8H2,1H3/t13-,14+,15-/m1/s1. The van der Waals surface area contributed by atoms with E-state index in [1.807, 2.05) is 6.92 Å². The Morgan fingerprint density at radius 3 is 3.10 bits per heavy atom. The maximum absolute atomic E-state index is 6.17. The number of rotatable bonds is 5. The van der Waals surface area contributed by atoms with Crippen LogP contribution in [0.25, 0.3) is 0 Å². The molecule has 1 saturated carbocycles. The van der Waals surface area contributed by atoms with Gasteiger partial charge in [0.15, 0.2) is 0 Å². The van der Waals surface area contributed by atoms with E-state index in [1.165, 1.54) is 19.4 Å². The zero-order valence-electron chi connectivity index (χ0n) is 12.0. The normalized spacial score (nSPS) is 33.8. The second-order valence-electron chi connectivity index (χ2n) is 6.37. The highest BCUT2D eigenvalue weighted by molar-refractivity contribution is 7.09. The van der Waals surface area contributed by atoms with Crippen molar-refractivity contribution in [2.75, 3.05) is 26.3 Å². The molecule has 0 bridgehead atoms. The molecule has 1 aliphatic carbocycles. The van der Waals surface area contributed by atoms with Crippen molar-refractivity contribution >= 4 is 11.3 Å². The molecule has 3 atom stereocenters. The first-order chi connectivity index (χ1) is 9.79. The number of aryl methyl sites for hydroxylation is 1. The van der Waals surface area contributed by atoms with Crippen LogP contribution in [0.5, 0.6) is 0 Å². The van der Waals surface area contributed by atoms with Gasteiger partial charge in [-0.3, -0.25) is 4.90 Å². The summed E-state index contributed by atoms with van der Waals surface area (Å²) in [5.41, 5.74) is 1.07. The SMILES string of the molecule is Cc1nc(CO[C@@H]2CN(CC3CC3)[C@H]3COC[C@@H]23)cs1. The molecule has 3 fully saturated rings. The van der Waals surface area contributed by atoms with Gasteiger partial charge in [-0.05, 0) is 25.7 Å². The Morgan fingerprint density at radius 1 is 1.45 bits per heavy atom. The van der Waals surface area contributed by atoms with Crippen molar-refractivity contribution in [3.05, 3.63) is 16.1 Å². The van der Waals surface area contributed by atoms with Crippen LogP contribution in [-0.2, 0) is 16.1 Å². The van der Waals surface area contributed by atoms with Crippen molar-refractivity contribution in [2.24, 2.45) is 11.8 Å². The maximum Gasteiger partial charge on any atom is 0.0901 e. The average Bonchev–Trinajstić information content (AvgIpc) is 2.86. The summed E-state index contributed by atoms with van der Waals surface area (Å²) in [6.07, 6.45) is 3.15.